The fraction of sp³-hybridized carbons (Fsp3) is 0.643. The van der Waals surface area contributed by atoms with Crippen molar-refractivity contribution in [1.29, 1.82) is 0 Å². The highest BCUT2D eigenvalue weighted by atomic mass is 16.5. The third-order valence-corrected chi connectivity index (χ3v) is 9.09. The number of hydrogen-bond donors (Lipinski definition) is 10. The Balaban J connectivity index is 2.01. The first-order valence-electron chi connectivity index (χ1n) is 21.7. The van der Waals surface area contributed by atoms with Crippen LogP contribution < -0.4 is 37.2 Å². The van der Waals surface area contributed by atoms with Crippen molar-refractivity contribution in [3.8, 4) is 0 Å². The summed E-state index contributed by atoms with van der Waals surface area (Å²) in [5, 5.41) is 45.0. The summed E-state index contributed by atoms with van der Waals surface area (Å²) < 4.78 is 21.7. The van der Waals surface area contributed by atoms with Crippen molar-refractivity contribution >= 4 is 53.5 Å². The van der Waals surface area contributed by atoms with Crippen LogP contribution in [-0.2, 0) is 47.7 Å². The number of unbranched alkanes of at least 4 members (excludes halogenated alkanes) is 4. The van der Waals surface area contributed by atoms with E-state index in [-0.39, 0.29) is 49.6 Å². The van der Waals surface area contributed by atoms with Gasteiger partial charge in [0, 0.05) is 69.5 Å². The van der Waals surface area contributed by atoms with Crippen LogP contribution in [0.2, 0.25) is 0 Å². The monoisotopic (exact) mass is 925 g/mol. The maximum Gasteiger partial charge on any atom is 0.326 e. The summed E-state index contributed by atoms with van der Waals surface area (Å²) in [6.07, 6.45) is 3.23. The molecule has 0 aromatic heterocycles. The van der Waals surface area contributed by atoms with E-state index in [1.807, 2.05) is 5.32 Å². The fourth-order valence-electron chi connectivity index (χ4n) is 5.51. The van der Waals surface area contributed by atoms with Gasteiger partial charge in [0.05, 0.1) is 52.9 Å². The van der Waals surface area contributed by atoms with Crippen LogP contribution in [0.3, 0.4) is 0 Å². The molecule has 23 nitrogen and oxygen atoms in total. The topological polar surface area (TPSA) is 335 Å². The molecule has 0 heterocycles. The molecule has 0 saturated heterocycles. The minimum absolute atomic E-state index is 0.0288. The number of aliphatic carboxylic acids is 3. The number of ether oxygens (including phenoxy) is 4. The Morgan fingerprint density at radius 1 is 0.462 bits per heavy atom. The lowest BCUT2D eigenvalue weighted by Crippen LogP contribution is -2.51. The van der Waals surface area contributed by atoms with Crippen molar-refractivity contribution in [1.82, 2.24) is 37.2 Å². The number of carbonyl (C=O) groups is 9. The number of nitrogens with one attached hydrogen (secondary N) is 7. The molecule has 65 heavy (non-hydrogen) atoms. The normalized spacial score (nSPS) is 11.6. The SMILES string of the molecule is CCC(=O)NCCOCCOCCNC(=O)c1ccc(C(=O)NCCOCCOCCNC(=O)CCCCCCCNC(=O)CC[C@H](NC(=O)N[C@@H](CCC(=O)O)C(=O)O)C(=O)O)cc1. The van der Waals surface area contributed by atoms with Crippen LogP contribution in [0, 0.1) is 0 Å². The van der Waals surface area contributed by atoms with Gasteiger partial charge in [-0.2, -0.15) is 0 Å². The van der Waals surface area contributed by atoms with Gasteiger partial charge in [0.25, 0.3) is 11.8 Å². The van der Waals surface area contributed by atoms with E-state index in [9.17, 15) is 48.3 Å². The number of benzene rings is 1. The van der Waals surface area contributed by atoms with Crippen LogP contribution in [0.1, 0.15) is 98.3 Å². The summed E-state index contributed by atoms with van der Waals surface area (Å²) in [5.74, 6) is -5.30. The first-order chi connectivity index (χ1) is 31.2. The molecular formula is C42H67N7O16. The summed E-state index contributed by atoms with van der Waals surface area (Å²) >= 11 is 0. The number of carboxylic acid groups (broad SMARTS) is 3. The minimum atomic E-state index is -1.53. The highest BCUT2D eigenvalue weighted by Gasteiger charge is 2.25. The minimum Gasteiger partial charge on any atom is -0.481 e. The van der Waals surface area contributed by atoms with Crippen molar-refractivity contribution in [2.45, 2.75) is 89.6 Å². The van der Waals surface area contributed by atoms with E-state index in [0.29, 0.717) is 109 Å². The molecule has 1 rings (SSSR count). The molecule has 0 saturated carbocycles. The Morgan fingerprint density at radius 3 is 1.29 bits per heavy atom. The molecule has 0 bridgehead atoms. The lowest BCUT2D eigenvalue weighted by atomic mass is 10.1. The molecule has 0 aliphatic rings. The first kappa shape index (κ1) is 57.1. The maximum absolute atomic E-state index is 12.4. The van der Waals surface area contributed by atoms with Crippen molar-refractivity contribution in [2.75, 3.05) is 85.6 Å². The van der Waals surface area contributed by atoms with E-state index in [4.69, 9.17) is 29.2 Å². The van der Waals surface area contributed by atoms with Crippen molar-refractivity contribution in [3.05, 3.63) is 35.4 Å². The number of carbonyl (C=O) groups excluding carboxylic acids is 6. The second kappa shape index (κ2) is 36.4. The summed E-state index contributed by atoms with van der Waals surface area (Å²) in [7, 11) is 0. The Morgan fingerprint density at radius 2 is 0.846 bits per heavy atom. The van der Waals surface area contributed by atoms with E-state index in [0.717, 1.165) is 19.3 Å². The average molecular weight is 926 g/mol. The van der Waals surface area contributed by atoms with Gasteiger partial charge in [-0.05, 0) is 49.9 Å². The number of urea groups is 1. The van der Waals surface area contributed by atoms with Crippen LogP contribution in [0.15, 0.2) is 24.3 Å². The summed E-state index contributed by atoms with van der Waals surface area (Å²) in [5.41, 5.74) is 0.798. The lowest BCUT2D eigenvalue weighted by molar-refractivity contribution is -0.141. The van der Waals surface area contributed by atoms with Gasteiger partial charge in [0.2, 0.25) is 17.7 Å². The van der Waals surface area contributed by atoms with Crippen LogP contribution >= 0.6 is 0 Å². The molecule has 0 unspecified atom stereocenters. The summed E-state index contributed by atoms with van der Waals surface area (Å²) in [4.78, 5) is 106. The standard InChI is InChI=1S/C42H67N7O16/c1-2-34(50)44-18-22-62-26-28-64-24-20-46-38(55)30-9-11-31(12-10-30)39(56)47-21-25-65-29-27-63-23-19-45-35(51)8-6-4-3-5-7-17-43-36(52)15-13-32(40(57)58)48-42(61)49-33(41(59)60)14-16-37(53)54/h9-12,32-33H,2-8,13-29H2,1H3,(H,43,52)(H,44,50)(H,45,51)(H,46,55)(H,47,56)(H,53,54)(H,57,58)(H,59,60)(H2,48,49,61)/t32-,33-/m0/s1. The zero-order valence-corrected chi connectivity index (χ0v) is 37.1. The van der Waals surface area contributed by atoms with Crippen LogP contribution in [-0.4, -0.2) is 166 Å². The molecule has 1 aromatic rings. The Kier molecular flexibility index (Phi) is 32.0. The van der Waals surface area contributed by atoms with E-state index in [2.05, 4.69) is 31.9 Å². The second-order valence-electron chi connectivity index (χ2n) is 14.3. The number of hydrogen-bond acceptors (Lipinski definition) is 13. The van der Waals surface area contributed by atoms with E-state index in [1.54, 1.807) is 31.2 Å². The highest BCUT2D eigenvalue weighted by molar-refractivity contribution is 5.97. The molecule has 0 radical (unpaired) electrons. The molecule has 0 aliphatic carbocycles. The zero-order valence-electron chi connectivity index (χ0n) is 37.1. The van der Waals surface area contributed by atoms with Crippen LogP contribution in [0.25, 0.3) is 0 Å². The Hall–Kier alpha value is -5.91. The van der Waals surface area contributed by atoms with Gasteiger partial charge < -0.3 is 71.5 Å². The molecule has 0 fully saturated rings. The molecule has 1 aromatic carbocycles. The van der Waals surface area contributed by atoms with Gasteiger partial charge in [0.1, 0.15) is 12.1 Å². The maximum atomic E-state index is 12.4. The average Bonchev–Trinajstić information content (AvgIpc) is 3.27. The highest BCUT2D eigenvalue weighted by Crippen LogP contribution is 2.07. The number of rotatable bonds is 39. The van der Waals surface area contributed by atoms with Gasteiger partial charge >= 0.3 is 23.9 Å². The Bertz CT molecular complexity index is 1620. The summed E-state index contributed by atoms with van der Waals surface area (Å²) in [6, 6.07) is 2.13. The van der Waals surface area contributed by atoms with Gasteiger partial charge in [-0.3, -0.25) is 28.8 Å². The van der Waals surface area contributed by atoms with Gasteiger partial charge in [0.15, 0.2) is 0 Å². The molecule has 366 valence electrons. The summed E-state index contributed by atoms with van der Waals surface area (Å²) in [6.45, 7) is 6.13. The van der Waals surface area contributed by atoms with E-state index < -0.39 is 54.8 Å². The Labute approximate surface area is 378 Å². The zero-order chi connectivity index (χ0) is 48.1. The van der Waals surface area contributed by atoms with Crippen molar-refractivity contribution < 1.29 is 77.4 Å². The predicted octanol–water partition coefficient (Wildman–Crippen LogP) is 0.162. The van der Waals surface area contributed by atoms with Gasteiger partial charge in [-0.15, -0.1) is 0 Å². The molecule has 0 spiro atoms. The quantitative estimate of drug-likeness (QED) is 0.0393. The van der Waals surface area contributed by atoms with Crippen LogP contribution in [0.4, 0.5) is 4.79 Å². The molecular weight excluding hydrogens is 858 g/mol. The molecule has 2 atom stereocenters. The number of amides is 7. The second-order valence-corrected chi connectivity index (χ2v) is 14.3. The van der Waals surface area contributed by atoms with Crippen molar-refractivity contribution in [3.63, 3.8) is 0 Å². The lowest BCUT2D eigenvalue weighted by Gasteiger charge is -2.18. The molecule has 0 aliphatic heterocycles. The van der Waals surface area contributed by atoms with E-state index >= 15 is 0 Å². The van der Waals surface area contributed by atoms with Gasteiger partial charge in [-0.25, -0.2) is 14.4 Å². The van der Waals surface area contributed by atoms with Crippen molar-refractivity contribution in [2.24, 2.45) is 0 Å². The van der Waals surface area contributed by atoms with Crippen LogP contribution in [0.5, 0.6) is 0 Å². The smallest absolute Gasteiger partial charge is 0.326 e. The fourth-order valence-corrected chi connectivity index (χ4v) is 5.51. The molecule has 23 heteroatoms. The molecule has 10 N–H and O–H groups in total. The molecule has 7 amide bonds. The number of carboxylic acids is 3. The largest absolute Gasteiger partial charge is 0.481 e. The van der Waals surface area contributed by atoms with E-state index in [1.165, 1.54) is 0 Å². The third-order valence-electron chi connectivity index (χ3n) is 9.09. The third kappa shape index (κ3) is 30.8. The van der Waals surface area contributed by atoms with Gasteiger partial charge in [-0.1, -0.05) is 26.2 Å². The predicted molar refractivity (Wildman–Crippen MR) is 232 cm³/mol. The first-order valence-corrected chi connectivity index (χ1v) is 21.7.